The van der Waals surface area contributed by atoms with Gasteiger partial charge in [0.05, 0.1) is 12.2 Å². The lowest BCUT2D eigenvalue weighted by Gasteiger charge is -2.23. The first-order valence-corrected chi connectivity index (χ1v) is 14.4. The molecule has 0 aliphatic rings. The van der Waals surface area contributed by atoms with E-state index in [9.17, 15) is 14.7 Å². The fourth-order valence-electron chi connectivity index (χ4n) is 4.11. The molecule has 0 spiro atoms. The van der Waals surface area contributed by atoms with Crippen molar-refractivity contribution in [1.82, 2.24) is 5.32 Å². The van der Waals surface area contributed by atoms with Gasteiger partial charge in [0.15, 0.2) is 0 Å². The molecule has 0 aromatic heterocycles. The van der Waals surface area contributed by atoms with E-state index in [0.29, 0.717) is 32.4 Å². The number of carbonyl (C=O) groups excluding carboxylic acids is 2. The molecule has 0 aliphatic heterocycles. The number of alkyl carbamates (subject to hydrolysis) is 1. The average molecular weight is 501 g/mol. The lowest BCUT2D eigenvalue weighted by Crippen LogP contribution is -2.36. The summed E-state index contributed by atoms with van der Waals surface area (Å²) < 4.78 is 10.8. The maximum atomic E-state index is 12.3. The molecule has 4 N–H and O–H groups in total. The van der Waals surface area contributed by atoms with Crippen molar-refractivity contribution in [3.8, 4) is 0 Å². The van der Waals surface area contributed by atoms with Crippen molar-refractivity contribution < 1.29 is 24.2 Å². The average Bonchev–Trinajstić information content (AvgIpc) is 2.81. The Balaban J connectivity index is 4.29. The van der Waals surface area contributed by atoms with E-state index < -0.39 is 18.3 Å². The molecule has 0 radical (unpaired) electrons. The molecule has 0 saturated heterocycles. The fourth-order valence-corrected chi connectivity index (χ4v) is 4.11. The first-order valence-electron chi connectivity index (χ1n) is 14.4. The monoisotopic (exact) mass is 500 g/mol. The van der Waals surface area contributed by atoms with Gasteiger partial charge in [-0.15, -0.1) is 0 Å². The molecule has 2 atom stereocenters. The number of rotatable bonds is 24. The number of nitrogens with one attached hydrogen (secondary N) is 1. The largest absolute Gasteiger partial charge is 0.463 e. The minimum Gasteiger partial charge on any atom is -0.463 e. The van der Waals surface area contributed by atoms with E-state index in [-0.39, 0.29) is 12.1 Å². The second kappa shape index (κ2) is 24.4. The van der Waals surface area contributed by atoms with Crippen molar-refractivity contribution in [2.24, 2.45) is 5.73 Å². The van der Waals surface area contributed by atoms with Crippen LogP contribution in [0.5, 0.6) is 0 Å². The number of unbranched alkanes of at least 4 members (excludes halogenated alkanes) is 12. The summed E-state index contributed by atoms with van der Waals surface area (Å²) >= 11 is 0. The van der Waals surface area contributed by atoms with Gasteiger partial charge in [0.25, 0.3) is 0 Å². The highest BCUT2D eigenvalue weighted by Crippen LogP contribution is 2.18. The summed E-state index contributed by atoms with van der Waals surface area (Å²) in [7, 11) is 0. The third kappa shape index (κ3) is 22.8. The molecule has 208 valence electrons. The number of hydrogen-bond donors (Lipinski definition) is 3. The zero-order valence-corrected chi connectivity index (χ0v) is 23.0. The van der Waals surface area contributed by atoms with Gasteiger partial charge in [-0.1, -0.05) is 77.6 Å². The van der Waals surface area contributed by atoms with Gasteiger partial charge in [0.1, 0.15) is 6.10 Å². The Morgan fingerprint density at radius 3 is 2.00 bits per heavy atom. The number of hydrogen-bond acceptors (Lipinski definition) is 6. The van der Waals surface area contributed by atoms with Gasteiger partial charge in [-0.3, -0.25) is 4.79 Å². The molecule has 1 amide bonds. The first kappa shape index (κ1) is 33.7. The molecule has 0 fully saturated rings. The predicted octanol–water partition coefficient (Wildman–Crippen LogP) is 6.39. The molecule has 0 rings (SSSR count). The fraction of sp³-hybridized carbons (Fsp3) is 0.929. The van der Waals surface area contributed by atoms with Crippen LogP contribution in [-0.2, 0) is 14.3 Å². The first-order chi connectivity index (χ1) is 16.9. The number of amides is 1. The molecule has 0 aromatic carbocycles. The lowest BCUT2D eigenvalue weighted by atomic mass is 9.99. The second-order valence-corrected chi connectivity index (χ2v) is 10.0. The summed E-state index contributed by atoms with van der Waals surface area (Å²) in [5.41, 5.74) is 5.51. The summed E-state index contributed by atoms with van der Waals surface area (Å²) in [4.78, 5) is 23.9. The topological polar surface area (TPSA) is 111 Å². The van der Waals surface area contributed by atoms with E-state index in [1.54, 1.807) is 0 Å². The molecule has 2 unspecified atom stereocenters. The number of ether oxygens (including phenoxy) is 2. The normalized spacial score (nSPS) is 13.0. The predicted molar refractivity (Wildman–Crippen MR) is 143 cm³/mol. The second-order valence-electron chi connectivity index (χ2n) is 10.0. The summed E-state index contributed by atoms with van der Waals surface area (Å²) in [5, 5.41) is 13.6. The molecular weight excluding hydrogens is 444 g/mol. The van der Waals surface area contributed by atoms with Gasteiger partial charge < -0.3 is 25.6 Å². The standard InChI is InChI=1S/C28H56N2O5/c1-4-5-6-7-9-14-19-25(31)26(35-28(33)30-23-18-13-12-17-22-29)20-15-10-8-11-16-21-27(32)34-24(2)3/h24-26,31H,4-23,29H2,1-3H3,(H,30,33). The van der Waals surface area contributed by atoms with E-state index >= 15 is 0 Å². The highest BCUT2D eigenvalue weighted by Gasteiger charge is 2.22. The maximum Gasteiger partial charge on any atom is 0.407 e. The van der Waals surface area contributed by atoms with Crippen LogP contribution < -0.4 is 11.1 Å². The Bertz CT molecular complexity index is 502. The highest BCUT2D eigenvalue weighted by atomic mass is 16.6. The zero-order valence-electron chi connectivity index (χ0n) is 23.0. The quantitative estimate of drug-likeness (QED) is 0.105. The third-order valence-corrected chi connectivity index (χ3v) is 6.18. The lowest BCUT2D eigenvalue weighted by molar-refractivity contribution is -0.147. The number of carbonyl (C=O) groups is 2. The SMILES string of the molecule is CCCCCCCCC(O)C(CCCCCCCC(=O)OC(C)C)OC(=O)NCCCCCCN. The van der Waals surface area contributed by atoms with Gasteiger partial charge in [-0.25, -0.2) is 4.79 Å². The minimum atomic E-state index is -0.623. The van der Waals surface area contributed by atoms with Gasteiger partial charge >= 0.3 is 12.1 Å². The molecular formula is C28H56N2O5. The van der Waals surface area contributed by atoms with Crippen molar-refractivity contribution in [3.63, 3.8) is 0 Å². The van der Waals surface area contributed by atoms with Crippen LogP contribution in [0, 0.1) is 0 Å². The van der Waals surface area contributed by atoms with Crippen molar-refractivity contribution in [2.45, 2.75) is 155 Å². The number of aliphatic hydroxyl groups is 1. The van der Waals surface area contributed by atoms with E-state index in [1.165, 1.54) is 25.7 Å². The molecule has 7 heteroatoms. The van der Waals surface area contributed by atoms with Crippen LogP contribution in [0.2, 0.25) is 0 Å². The van der Waals surface area contributed by atoms with Gasteiger partial charge in [-0.05, 0) is 58.9 Å². The van der Waals surface area contributed by atoms with E-state index in [0.717, 1.165) is 70.6 Å². The van der Waals surface area contributed by atoms with E-state index in [4.69, 9.17) is 15.2 Å². The van der Waals surface area contributed by atoms with Crippen LogP contribution in [0.4, 0.5) is 4.79 Å². The Labute approximate surface area is 215 Å². The molecule has 0 aliphatic carbocycles. The van der Waals surface area contributed by atoms with Crippen LogP contribution in [0.15, 0.2) is 0 Å². The van der Waals surface area contributed by atoms with Gasteiger partial charge in [-0.2, -0.15) is 0 Å². The van der Waals surface area contributed by atoms with Crippen molar-refractivity contribution in [1.29, 1.82) is 0 Å². The Kier molecular flexibility index (Phi) is 23.4. The molecule has 0 bridgehead atoms. The third-order valence-electron chi connectivity index (χ3n) is 6.18. The Morgan fingerprint density at radius 1 is 0.771 bits per heavy atom. The van der Waals surface area contributed by atoms with Crippen LogP contribution >= 0.6 is 0 Å². The molecule has 0 saturated carbocycles. The maximum absolute atomic E-state index is 12.3. The Morgan fingerprint density at radius 2 is 1.34 bits per heavy atom. The smallest absolute Gasteiger partial charge is 0.407 e. The van der Waals surface area contributed by atoms with Gasteiger partial charge in [0.2, 0.25) is 0 Å². The number of aliphatic hydroxyl groups excluding tert-OH is 1. The minimum absolute atomic E-state index is 0.0597. The highest BCUT2D eigenvalue weighted by molar-refractivity contribution is 5.69. The van der Waals surface area contributed by atoms with Crippen molar-refractivity contribution in [2.75, 3.05) is 13.1 Å². The Hall–Kier alpha value is -1.34. The summed E-state index contributed by atoms with van der Waals surface area (Å²) in [6.07, 6.45) is 16.0. The van der Waals surface area contributed by atoms with Gasteiger partial charge in [0, 0.05) is 13.0 Å². The number of esters is 1. The summed E-state index contributed by atoms with van der Waals surface area (Å²) in [5.74, 6) is -0.128. The summed E-state index contributed by atoms with van der Waals surface area (Å²) in [6.45, 7) is 7.22. The molecule has 35 heavy (non-hydrogen) atoms. The molecule has 0 aromatic rings. The van der Waals surface area contributed by atoms with Crippen LogP contribution in [0.1, 0.15) is 136 Å². The number of nitrogens with two attached hydrogens (primary N) is 1. The van der Waals surface area contributed by atoms with Crippen LogP contribution in [0.3, 0.4) is 0 Å². The summed E-state index contributed by atoms with van der Waals surface area (Å²) in [6, 6.07) is 0. The van der Waals surface area contributed by atoms with Crippen molar-refractivity contribution in [3.05, 3.63) is 0 Å². The molecule has 0 heterocycles. The zero-order chi connectivity index (χ0) is 26.2. The van der Waals surface area contributed by atoms with E-state index in [2.05, 4.69) is 12.2 Å². The molecule has 7 nitrogen and oxygen atoms in total. The van der Waals surface area contributed by atoms with Crippen molar-refractivity contribution >= 4 is 12.1 Å². The van der Waals surface area contributed by atoms with Crippen LogP contribution in [0.25, 0.3) is 0 Å². The van der Waals surface area contributed by atoms with E-state index in [1.807, 2.05) is 13.8 Å². The van der Waals surface area contributed by atoms with Crippen LogP contribution in [-0.4, -0.2) is 48.6 Å².